The van der Waals surface area contributed by atoms with Gasteiger partial charge in [-0.25, -0.2) is 4.39 Å². The first kappa shape index (κ1) is 18.1. The third kappa shape index (κ3) is 3.58. The molecule has 0 bridgehead atoms. The van der Waals surface area contributed by atoms with E-state index in [2.05, 4.69) is 10.3 Å². The Morgan fingerprint density at radius 2 is 1.89 bits per heavy atom. The van der Waals surface area contributed by atoms with Crippen molar-refractivity contribution in [2.45, 2.75) is 25.3 Å². The smallest absolute Gasteiger partial charge is 0.228 e. The number of benzene rings is 2. The monoisotopic (exact) mass is 372 g/mol. The van der Waals surface area contributed by atoms with Crippen LogP contribution >= 0.6 is 0 Å². The molecule has 2 atom stereocenters. The van der Waals surface area contributed by atoms with E-state index >= 15 is 0 Å². The summed E-state index contributed by atoms with van der Waals surface area (Å²) in [4.78, 5) is 17.4. The van der Waals surface area contributed by atoms with E-state index in [-0.39, 0.29) is 11.8 Å². The highest BCUT2D eigenvalue weighted by molar-refractivity contribution is 5.87. The van der Waals surface area contributed by atoms with Crippen LogP contribution in [-0.4, -0.2) is 10.9 Å². The largest absolute Gasteiger partial charge is 0.351 e. The van der Waals surface area contributed by atoms with Crippen LogP contribution in [0.5, 0.6) is 0 Å². The van der Waals surface area contributed by atoms with Crippen molar-refractivity contribution in [3.05, 3.63) is 107 Å². The molecule has 0 fully saturated rings. The highest BCUT2D eigenvalue weighted by Crippen LogP contribution is 2.41. The minimum atomic E-state index is -0.549. The normalized spacial score (nSPS) is 15.9. The minimum absolute atomic E-state index is 0.134. The maximum Gasteiger partial charge on any atom is 0.228 e. The zero-order chi connectivity index (χ0) is 19.5. The number of nitrogens with zero attached hydrogens (tertiary/aromatic N) is 1. The molecule has 0 spiro atoms. The van der Waals surface area contributed by atoms with E-state index in [0.29, 0.717) is 17.8 Å². The summed E-state index contributed by atoms with van der Waals surface area (Å²) in [6.07, 6.45) is 5.25. The molecule has 4 heteroatoms. The topological polar surface area (TPSA) is 42.0 Å². The van der Waals surface area contributed by atoms with Crippen LogP contribution in [0.4, 0.5) is 4.39 Å². The number of fused-ring (bicyclic) bond motifs is 1. The first-order chi connectivity index (χ1) is 13.6. The van der Waals surface area contributed by atoms with E-state index in [1.807, 2.05) is 73.7 Å². The minimum Gasteiger partial charge on any atom is -0.351 e. The predicted molar refractivity (Wildman–Crippen MR) is 108 cm³/mol. The summed E-state index contributed by atoms with van der Waals surface area (Å²) in [5, 5.41) is 3.03. The Balaban J connectivity index is 1.69. The average molecular weight is 372 g/mol. The second kappa shape index (κ2) is 7.77. The Labute approximate surface area is 164 Å². The predicted octanol–water partition coefficient (Wildman–Crippen LogP) is 4.74. The highest BCUT2D eigenvalue weighted by Gasteiger charge is 2.34. The number of pyridine rings is 1. The number of aromatic nitrogens is 1. The van der Waals surface area contributed by atoms with Crippen LogP contribution in [0.2, 0.25) is 0 Å². The van der Waals surface area contributed by atoms with Gasteiger partial charge < -0.3 is 5.32 Å². The molecule has 4 rings (SSSR count). The van der Waals surface area contributed by atoms with Crippen molar-refractivity contribution in [1.29, 1.82) is 0 Å². The molecule has 0 aliphatic heterocycles. The van der Waals surface area contributed by atoms with Crippen LogP contribution in [0, 0.1) is 12.7 Å². The van der Waals surface area contributed by atoms with Gasteiger partial charge in [0, 0.05) is 18.2 Å². The molecule has 3 aromatic rings. The number of nitrogens with one attached hydrogen (secondary N) is 1. The molecular formula is C24H21FN2O. The third-order valence-electron chi connectivity index (χ3n) is 5.22. The van der Waals surface area contributed by atoms with Crippen LogP contribution in [0.25, 0.3) is 6.08 Å². The Morgan fingerprint density at radius 1 is 1.14 bits per heavy atom. The summed E-state index contributed by atoms with van der Waals surface area (Å²) in [6.45, 7) is 2.24. The number of allylic oxidation sites excluding steroid dienone is 1. The number of hydrogen-bond donors (Lipinski definition) is 1. The van der Waals surface area contributed by atoms with Gasteiger partial charge in [0.25, 0.3) is 0 Å². The Kier molecular flexibility index (Phi) is 5.02. The second-order valence-corrected chi connectivity index (χ2v) is 7.02. The van der Waals surface area contributed by atoms with Crippen molar-refractivity contribution in [3.63, 3.8) is 0 Å². The van der Waals surface area contributed by atoms with Gasteiger partial charge in [0.2, 0.25) is 5.91 Å². The van der Waals surface area contributed by atoms with Gasteiger partial charge in [-0.2, -0.15) is 0 Å². The number of aryl methyl sites for hydroxylation is 1. The molecular weight excluding hydrogens is 351 g/mol. The van der Waals surface area contributed by atoms with Crippen molar-refractivity contribution in [2.24, 2.45) is 0 Å². The molecule has 28 heavy (non-hydrogen) atoms. The number of carbonyl (C=O) groups excluding carboxylic acids is 1. The molecule has 1 heterocycles. The first-order valence-corrected chi connectivity index (χ1v) is 9.34. The molecule has 1 aliphatic rings. The molecule has 0 saturated carbocycles. The van der Waals surface area contributed by atoms with E-state index in [4.69, 9.17) is 0 Å². The van der Waals surface area contributed by atoms with Crippen molar-refractivity contribution in [3.8, 4) is 0 Å². The van der Waals surface area contributed by atoms with E-state index in [1.165, 1.54) is 12.3 Å². The van der Waals surface area contributed by atoms with Crippen molar-refractivity contribution in [1.82, 2.24) is 10.3 Å². The maximum atomic E-state index is 14.0. The van der Waals surface area contributed by atoms with Gasteiger partial charge >= 0.3 is 0 Å². The Bertz CT molecular complexity index is 1030. The molecule has 0 saturated heterocycles. The number of hydrogen-bond acceptors (Lipinski definition) is 2. The molecule has 1 amide bonds. The summed E-state index contributed by atoms with van der Waals surface area (Å²) in [5.74, 6) is -1.27. The van der Waals surface area contributed by atoms with Crippen molar-refractivity contribution < 1.29 is 9.18 Å². The summed E-state index contributed by atoms with van der Waals surface area (Å²) < 4.78 is 14.0. The van der Waals surface area contributed by atoms with Crippen molar-refractivity contribution >= 4 is 12.0 Å². The summed E-state index contributed by atoms with van der Waals surface area (Å²) >= 11 is 0. The zero-order valence-corrected chi connectivity index (χ0v) is 15.6. The molecule has 2 aromatic carbocycles. The van der Waals surface area contributed by atoms with Gasteiger partial charge in [-0.3, -0.25) is 9.78 Å². The van der Waals surface area contributed by atoms with Gasteiger partial charge in [0.05, 0.1) is 12.1 Å². The quantitative estimate of drug-likeness (QED) is 0.703. The third-order valence-corrected chi connectivity index (χ3v) is 5.22. The summed E-state index contributed by atoms with van der Waals surface area (Å²) in [5.41, 5.74) is 4.48. The second-order valence-electron chi connectivity index (χ2n) is 7.02. The molecule has 140 valence electrons. The highest BCUT2D eigenvalue weighted by atomic mass is 19.1. The van der Waals surface area contributed by atoms with Crippen LogP contribution in [0.3, 0.4) is 0 Å². The maximum absolute atomic E-state index is 14.0. The molecule has 2 unspecified atom stereocenters. The van der Waals surface area contributed by atoms with Gasteiger partial charge in [-0.15, -0.1) is 0 Å². The average Bonchev–Trinajstić information content (AvgIpc) is 3.14. The van der Waals surface area contributed by atoms with Crippen LogP contribution in [-0.2, 0) is 11.3 Å². The number of amides is 1. The van der Waals surface area contributed by atoms with Crippen molar-refractivity contribution in [2.75, 3.05) is 0 Å². The van der Waals surface area contributed by atoms with Gasteiger partial charge in [0.15, 0.2) is 0 Å². The lowest BCUT2D eigenvalue weighted by molar-refractivity contribution is -0.123. The lowest BCUT2D eigenvalue weighted by Gasteiger charge is -2.25. The fourth-order valence-corrected chi connectivity index (χ4v) is 3.80. The zero-order valence-electron chi connectivity index (χ0n) is 15.6. The van der Waals surface area contributed by atoms with Crippen LogP contribution < -0.4 is 5.32 Å². The lowest BCUT2D eigenvalue weighted by Crippen LogP contribution is -2.32. The number of carbonyl (C=O) groups is 1. The standard InChI is InChI=1S/C24H21FN2O/c1-16-22(13-19(25)15-26-16)23(21-12-11-18-9-5-6-10-20(18)21)24(28)27-14-17-7-3-2-4-8-17/h2-13,15,21,23H,14H2,1H3,(H,27,28). The summed E-state index contributed by atoms with van der Waals surface area (Å²) in [6, 6.07) is 19.2. The van der Waals surface area contributed by atoms with Gasteiger partial charge in [-0.1, -0.05) is 66.7 Å². The van der Waals surface area contributed by atoms with E-state index in [9.17, 15) is 9.18 Å². The summed E-state index contributed by atoms with van der Waals surface area (Å²) in [7, 11) is 0. The Hall–Kier alpha value is -3.27. The number of halogens is 1. The molecule has 0 radical (unpaired) electrons. The van der Waals surface area contributed by atoms with Crippen LogP contribution in [0.15, 0.2) is 72.9 Å². The molecule has 1 aliphatic carbocycles. The van der Waals surface area contributed by atoms with Crippen LogP contribution in [0.1, 0.15) is 39.8 Å². The van der Waals surface area contributed by atoms with E-state index in [0.717, 1.165) is 16.7 Å². The fraction of sp³-hybridized carbons (Fsp3) is 0.167. The fourth-order valence-electron chi connectivity index (χ4n) is 3.80. The van der Waals surface area contributed by atoms with E-state index < -0.39 is 11.7 Å². The Morgan fingerprint density at radius 3 is 2.71 bits per heavy atom. The SMILES string of the molecule is Cc1ncc(F)cc1C(C(=O)NCc1ccccc1)C1C=Cc2ccccc21. The lowest BCUT2D eigenvalue weighted by atomic mass is 9.81. The molecule has 1 aromatic heterocycles. The number of rotatable bonds is 5. The molecule has 1 N–H and O–H groups in total. The molecule has 3 nitrogen and oxygen atoms in total. The first-order valence-electron chi connectivity index (χ1n) is 9.34. The van der Waals surface area contributed by atoms with Gasteiger partial charge in [-0.05, 0) is 35.2 Å². The van der Waals surface area contributed by atoms with Gasteiger partial charge in [0.1, 0.15) is 5.82 Å². The van der Waals surface area contributed by atoms with E-state index in [1.54, 1.807) is 0 Å².